The van der Waals surface area contributed by atoms with Crippen molar-refractivity contribution in [2.24, 2.45) is 11.8 Å². The molecule has 0 aromatic heterocycles. The Hall–Kier alpha value is -2.66. The first kappa shape index (κ1) is 27.9. The van der Waals surface area contributed by atoms with Gasteiger partial charge in [0.25, 0.3) is 0 Å². The summed E-state index contributed by atoms with van der Waals surface area (Å²) in [7, 11) is 0. The first-order valence-corrected chi connectivity index (χ1v) is 13.2. The summed E-state index contributed by atoms with van der Waals surface area (Å²) in [6.07, 6.45) is -0.720. The molecule has 0 saturated carbocycles. The van der Waals surface area contributed by atoms with E-state index in [0.717, 1.165) is 37.3 Å². The molecule has 0 spiro atoms. The Balaban J connectivity index is 1.20. The number of ether oxygens (including phenoxy) is 5. The summed E-state index contributed by atoms with van der Waals surface area (Å²) >= 11 is 0. The zero-order chi connectivity index (χ0) is 27.7. The summed E-state index contributed by atoms with van der Waals surface area (Å²) in [6.45, 7) is 2.92. The zero-order valence-corrected chi connectivity index (χ0v) is 21.4. The molecule has 5 nitrogen and oxygen atoms in total. The normalized spacial score (nSPS) is 24.8. The lowest BCUT2D eigenvalue weighted by Gasteiger charge is -2.37. The highest BCUT2D eigenvalue weighted by atomic mass is 19.4. The van der Waals surface area contributed by atoms with Gasteiger partial charge in [-0.05, 0) is 54.5 Å². The molecule has 3 aliphatic rings. The Bertz CT molecular complexity index is 1180. The highest BCUT2D eigenvalue weighted by Crippen LogP contribution is 2.41. The molecule has 214 valence electrons. The van der Waals surface area contributed by atoms with E-state index >= 15 is 4.39 Å². The molecule has 1 fully saturated rings. The molecule has 2 atom stereocenters. The molecule has 0 radical (unpaired) electrons. The maximum atomic E-state index is 15.1. The van der Waals surface area contributed by atoms with Crippen LogP contribution in [0.2, 0.25) is 0 Å². The molecule has 5 rings (SSSR count). The lowest BCUT2D eigenvalue weighted by molar-refractivity contribution is -0.276. The molecule has 3 heterocycles. The predicted octanol–water partition coefficient (Wildman–Crippen LogP) is 6.84. The number of unbranched alkanes of at least 4 members (excludes halogenated alkanes) is 2. The number of hydrogen-bond donors (Lipinski definition) is 0. The van der Waals surface area contributed by atoms with E-state index in [1.165, 1.54) is 12.5 Å². The van der Waals surface area contributed by atoms with Crippen LogP contribution in [0.3, 0.4) is 0 Å². The van der Waals surface area contributed by atoms with Crippen LogP contribution >= 0.6 is 0 Å². The van der Waals surface area contributed by atoms with Gasteiger partial charge in [0.2, 0.25) is 11.6 Å². The molecule has 0 aliphatic carbocycles. The molecular formula is C28H30F6O5. The van der Waals surface area contributed by atoms with E-state index in [2.05, 4.69) is 11.7 Å². The molecule has 2 aromatic carbocycles. The number of alkyl halides is 3. The van der Waals surface area contributed by atoms with Crippen molar-refractivity contribution in [3.63, 3.8) is 0 Å². The minimum atomic E-state index is -5.26. The largest absolute Gasteiger partial charge is 0.573 e. The first-order valence-electron chi connectivity index (χ1n) is 13.2. The van der Waals surface area contributed by atoms with Gasteiger partial charge < -0.3 is 23.7 Å². The summed E-state index contributed by atoms with van der Waals surface area (Å²) in [4.78, 5) is 0. The fraction of sp³-hybridized carbons (Fsp3) is 0.571. The number of benzene rings is 2. The zero-order valence-electron chi connectivity index (χ0n) is 21.4. The van der Waals surface area contributed by atoms with E-state index in [-0.39, 0.29) is 43.5 Å². The van der Waals surface area contributed by atoms with Crippen molar-refractivity contribution in [3.05, 3.63) is 52.3 Å². The van der Waals surface area contributed by atoms with Crippen molar-refractivity contribution in [3.8, 4) is 17.2 Å². The minimum absolute atomic E-state index is 0.0379. The molecule has 1 saturated heterocycles. The summed E-state index contributed by atoms with van der Waals surface area (Å²) < 4.78 is 108. The van der Waals surface area contributed by atoms with Gasteiger partial charge in [0, 0.05) is 17.4 Å². The third kappa shape index (κ3) is 6.24. The van der Waals surface area contributed by atoms with Gasteiger partial charge in [0.05, 0.1) is 26.4 Å². The number of rotatable bonds is 7. The van der Waals surface area contributed by atoms with Gasteiger partial charge in [0.1, 0.15) is 11.6 Å². The minimum Gasteiger partial charge on any atom is -0.493 e. The average Bonchev–Trinajstić information content (AvgIpc) is 2.90. The van der Waals surface area contributed by atoms with E-state index in [4.69, 9.17) is 18.9 Å². The molecular weight excluding hydrogens is 530 g/mol. The van der Waals surface area contributed by atoms with E-state index in [1.807, 2.05) is 0 Å². The van der Waals surface area contributed by atoms with Gasteiger partial charge in [-0.1, -0.05) is 26.2 Å². The number of hydrogen-bond acceptors (Lipinski definition) is 5. The van der Waals surface area contributed by atoms with Crippen LogP contribution in [0.25, 0.3) is 0 Å². The monoisotopic (exact) mass is 560 g/mol. The maximum absolute atomic E-state index is 15.1. The second-order valence-corrected chi connectivity index (χ2v) is 10.4. The van der Waals surface area contributed by atoms with Crippen LogP contribution < -0.4 is 14.2 Å². The Morgan fingerprint density at radius 2 is 1.62 bits per heavy atom. The van der Waals surface area contributed by atoms with Crippen molar-refractivity contribution < 1.29 is 50.0 Å². The second-order valence-electron chi connectivity index (χ2n) is 10.4. The Kier molecular flexibility index (Phi) is 8.19. The molecule has 0 N–H and O–H groups in total. The Morgan fingerprint density at radius 1 is 0.872 bits per heavy atom. The van der Waals surface area contributed by atoms with Gasteiger partial charge in [-0.25, -0.2) is 8.78 Å². The average molecular weight is 561 g/mol. The van der Waals surface area contributed by atoms with E-state index in [0.29, 0.717) is 23.8 Å². The van der Waals surface area contributed by atoms with Crippen LogP contribution in [0.5, 0.6) is 17.2 Å². The van der Waals surface area contributed by atoms with Gasteiger partial charge in [0.15, 0.2) is 17.9 Å². The van der Waals surface area contributed by atoms with Crippen molar-refractivity contribution in [2.45, 2.75) is 64.0 Å². The predicted molar refractivity (Wildman–Crippen MR) is 127 cm³/mol. The third-order valence-electron chi connectivity index (χ3n) is 7.48. The number of fused-ring (bicyclic) bond motifs is 2. The fourth-order valence-electron chi connectivity index (χ4n) is 5.49. The lowest BCUT2D eigenvalue weighted by atomic mass is 9.89. The van der Waals surface area contributed by atoms with Gasteiger partial charge >= 0.3 is 6.36 Å². The number of halogens is 6. The lowest BCUT2D eigenvalue weighted by Crippen LogP contribution is -2.41. The van der Waals surface area contributed by atoms with Crippen LogP contribution in [0, 0.1) is 29.3 Å². The van der Waals surface area contributed by atoms with Crippen molar-refractivity contribution >= 4 is 0 Å². The van der Waals surface area contributed by atoms with Crippen LogP contribution in [-0.2, 0) is 22.3 Å². The van der Waals surface area contributed by atoms with Crippen LogP contribution in [0.4, 0.5) is 26.3 Å². The smallest absolute Gasteiger partial charge is 0.493 e. The highest BCUT2D eigenvalue weighted by Gasteiger charge is 2.39. The molecule has 2 aromatic rings. The molecule has 0 amide bonds. The molecule has 11 heteroatoms. The van der Waals surface area contributed by atoms with Crippen molar-refractivity contribution in [1.29, 1.82) is 0 Å². The third-order valence-corrected chi connectivity index (χ3v) is 7.48. The van der Waals surface area contributed by atoms with Gasteiger partial charge in [-0.2, -0.15) is 4.39 Å². The summed E-state index contributed by atoms with van der Waals surface area (Å²) in [6, 6.07) is 4.01. The Morgan fingerprint density at radius 3 is 2.33 bits per heavy atom. The maximum Gasteiger partial charge on any atom is 0.573 e. The molecule has 39 heavy (non-hydrogen) atoms. The quantitative estimate of drug-likeness (QED) is 0.274. The first-order chi connectivity index (χ1) is 18.6. The summed E-state index contributed by atoms with van der Waals surface area (Å²) in [5.74, 6) is -5.25. The highest BCUT2D eigenvalue weighted by molar-refractivity contribution is 5.45. The van der Waals surface area contributed by atoms with E-state index in [9.17, 15) is 22.0 Å². The summed E-state index contributed by atoms with van der Waals surface area (Å²) in [5.41, 5.74) is 1.33. The molecule has 2 unspecified atom stereocenters. The molecule has 0 bridgehead atoms. The topological polar surface area (TPSA) is 46.2 Å². The van der Waals surface area contributed by atoms with Crippen molar-refractivity contribution in [1.82, 2.24) is 0 Å². The second kappa shape index (κ2) is 11.4. The van der Waals surface area contributed by atoms with E-state index < -0.39 is 41.7 Å². The van der Waals surface area contributed by atoms with E-state index in [1.54, 1.807) is 6.07 Å². The van der Waals surface area contributed by atoms with Crippen LogP contribution in [0.15, 0.2) is 18.2 Å². The fourth-order valence-corrected chi connectivity index (χ4v) is 5.49. The van der Waals surface area contributed by atoms with Crippen molar-refractivity contribution in [2.75, 3.05) is 26.4 Å². The standard InChI is InChI=1S/C28H30F6O5/c1-2-3-4-5-15-6-16-8-21(29)20(10-23(16)35-11-15)19-13-37-27(38-14-19)18-7-17-9-22(30)26(39-28(32,33)34)24(31)25(17)36-12-18/h8-10,15,18-19,27H,2-7,11-14H2,1H3. The summed E-state index contributed by atoms with van der Waals surface area (Å²) in [5, 5.41) is 0. The van der Waals surface area contributed by atoms with Crippen LogP contribution in [-0.4, -0.2) is 39.1 Å². The van der Waals surface area contributed by atoms with Gasteiger partial charge in [-0.15, -0.1) is 13.2 Å². The SMILES string of the molecule is CCCCCC1COc2cc(C3COC(C4COc5c(cc(F)c(OC(F)(F)F)c5F)C4)OC3)c(F)cc2C1. The Labute approximate surface area is 222 Å². The van der Waals surface area contributed by atoms with Crippen LogP contribution in [0.1, 0.15) is 55.2 Å². The molecule has 3 aliphatic heterocycles. The van der Waals surface area contributed by atoms with Gasteiger partial charge in [-0.3, -0.25) is 0 Å².